The van der Waals surface area contributed by atoms with Crippen molar-refractivity contribution in [1.29, 1.82) is 0 Å². The summed E-state index contributed by atoms with van der Waals surface area (Å²) >= 11 is 18.4. The van der Waals surface area contributed by atoms with Gasteiger partial charge in [0.2, 0.25) is 0 Å². The normalized spacial score (nSPS) is 16.5. The van der Waals surface area contributed by atoms with Gasteiger partial charge in [-0.2, -0.15) is 0 Å². The molecule has 20 heavy (non-hydrogen) atoms. The number of rotatable bonds is 2. The summed E-state index contributed by atoms with van der Waals surface area (Å²) in [4.78, 5) is 0. The monoisotopic (exact) mass is 329 g/mol. The lowest BCUT2D eigenvalue weighted by Crippen LogP contribution is -2.32. The minimum atomic E-state index is -0.542. The molecule has 6 heteroatoms. The maximum absolute atomic E-state index is 6.24. The van der Waals surface area contributed by atoms with Crippen LogP contribution in [0, 0.1) is 0 Å². The molecule has 1 heterocycles. The van der Waals surface area contributed by atoms with E-state index in [9.17, 15) is 0 Å². The fourth-order valence-electron chi connectivity index (χ4n) is 2.05. The highest BCUT2D eigenvalue weighted by atomic mass is 35.5. The van der Waals surface area contributed by atoms with E-state index in [4.69, 9.17) is 44.3 Å². The molecule has 0 aromatic heterocycles. The van der Waals surface area contributed by atoms with Crippen molar-refractivity contribution in [3.05, 3.63) is 45.4 Å². The van der Waals surface area contributed by atoms with Gasteiger partial charge in [0.25, 0.3) is 0 Å². The number of halogens is 3. The Morgan fingerprint density at radius 2 is 1.70 bits per heavy atom. The lowest BCUT2D eigenvalue weighted by molar-refractivity contribution is 0.0257. The van der Waals surface area contributed by atoms with Gasteiger partial charge < -0.3 is 9.47 Å². The molecule has 1 aliphatic heterocycles. The van der Waals surface area contributed by atoms with Crippen molar-refractivity contribution < 1.29 is 9.47 Å². The fourth-order valence-corrected chi connectivity index (χ4v) is 2.65. The number of nitrogens with one attached hydrogen (secondary N) is 1. The van der Waals surface area contributed by atoms with Crippen LogP contribution >= 0.6 is 34.8 Å². The number of benzene rings is 2. The molecule has 0 radical (unpaired) electrons. The molecule has 0 amide bonds. The Balaban J connectivity index is 2.18. The molecule has 1 N–H and O–H groups in total. The van der Waals surface area contributed by atoms with Gasteiger partial charge in [0, 0.05) is 32.3 Å². The third kappa shape index (κ3) is 2.42. The molecule has 0 spiro atoms. The van der Waals surface area contributed by atoms with E-state index in [1.165, 1.54) is 0 Å². The van der Waals surface area contributed by atoms with Gasteiger partial charge in [-0.25, -0.2) is 0 Å². The summed E-state index contributed by atoms with van der Waals surface area (Å²) in [7, 11) is 1.74. The molecule has 3 nitrogen and oxygen atoms in total. The van der Waals surface area contributed by atoms with E-state index in [1.54, 1.807) is 37.4 Å². The minimum absolute atomic E-state index is 0.537. The van der Waals surface area contributed by atoms with Gasteiger partial charge in [0.1, 0.15) is 0 Å². The number of ether oxygens (including phenoxy) is 2. The maximum atomic E-state index is 6.24. The van der Waals surface area contributed by atoms with E-state index >= 15 is 0 Å². The molecule has 0 bridgehead atoms. The predicted octanol–water partition coefficient (Wildman–Crippen LogP) is 4.59. The molecule has 0 aliphatic carbocycles. The zero-order valence-electron chi connectivity index (χ0n) is 10.4. The molecule has 1 atom stereocenters. The van der Waals surface area contributed by atoms with Crippen molar-refractivity contribution in [2.45, 2.75) is 6.41 Å². The van der Waals surface area contributed by atoms with Gasteiger partial charge in [-0.05, 0) is 31.3 Å². The van der Waals surface area contributed by atoms with Gasteiger partial charge in [-0.3, -0.25) is 5.32 Å². The first kappa shape index (κ1) is 13.8. The van der Waals surface area contributed by atoms with E-state index in [1.807, 2.05) is 0 Å². The summed E-state index contributed by atoms with van der Waals surface area (Å²) in [5.41, 5.74) is 1.50. The Morgan fingerprint density at radius 3 is 2.45 bits per heavy atom. The minimum Gasteiger partial charge on any atom is -0.438 e. The molecule has 0 saturated heterocycles. The van der Waals surface area contributed by atoms with Crippen molar-refractivity contribution >= 4 is 34.8 Å². The van der Waals surface area contributed by atoms with E-state index in [0.29, 0.717) is 26.6 Å². The number of hydrogen-bond acceptors (Lipinski definition) is 3. The Hall–Kier alpha value is -1.13. The van der Waals surface area contributed by atoms with Crippen LogP contribution in [0.25, 0.3) is 11.1 Å². The van der Waals surface area contributed by atoms with Gasteiger partial charge in [-0.15, -0.1) is 0 Å². The maximum Gasteiger partial charge on any atom is 0.302 e. The first-order valence-electron chi connectivity index (χ1n) is 5.88. The Morgan fingerprint density at radius 1 is 0.950 bits per heavy atom. The predicted molar refractivity (Wildman–Crippen MR) is 81.0 cm³/mol. The van der Waals surface area contributed by atoms with Crippen LogP contribution < -0.4 is 14.8 Å². The van der Waals surface area contributed by atoms with E-state index in [2.05, 4.69) is 5.32 Å². The molecular weight excluding hydrogens is 321 g/mol. The summed E-state index contributed by atoms with van der Waals surface area (Å²) in [5, 5.41) is 4.58. The SMILES string of the molecule is CNC1Oc2cc(Cl)cc(-c3cc(Cl)ccc3Cl)c2O1. The summed E-state index contributed by atoms with van der Waals surface area (Å²) in [5.74, 6) is 1.17. The van der Waals surface area contributed by atoms with Crippen LogP contribution in [0.4, 0.5) is 0 Å². The Labute approximate surface area is 131 Å². The van der Waals surface area contributed by atoms with E-state index < -0.39 is 6.41 Å². The molecule has 1 unspecified atom stereocenters. The zero-order chi connectivity index (χ0) is 14.3. The molecule has 104 valence electrons. The van der Waals surface area contributed by atoms with Gasteiger partial charge in [0.05, 0.1) is 0 Å². The highest BCUT2D eigenvalue weighted by Crippen LogP contribution is 2.46. The van der Waals surface area contributed by atoms with Crippen LogP contribution in [-0.2, 0) is 0 Å². The molecule has 3 rings (SSSR count). The lowest BCUT2D eigenvalue weighted by Gasteiger charge is -2.10. The molecule has 0 fully saturated rings. The molecule has 2 aromatic rings. The summed E-state index contributed by atoms with van der Waals surface area (Å²) in [6.07, 6.45) is -0.542. The van der Waals surface area contributed by atoms with Crippen LogP contribution in [-0.4, -0.2) is 13.5 Å². The van der Waals surface area contributed by atoms with Crippen molar-refractivity contribution in [2.75, 3.05) is 7.05 Å². The van der Waals surface area contributed by atoms with Crippen molar-refractivity contribution in [2.24, 2.45) is 0 Å². The third-order valence-electron chi connectivity index (χ3n) is 2.93. The summed E-state index contributed by atoms with van der Waals surface area (Å²) < 4.78 is 11.3. The van der Waals surface area contributed by atoms with Crippen LogP contribution in [0.15, 0.2) is 30.3 Å². The van der Waals surface area contributed by atoms with Crippen LogP contribution in [0.2, 0.25) is 15.1 Å². The second kappa shape index (κ2) is 5.34. The highest BCUT2D eigenvalue weighted by Gasteiger charge is 2.27. The summed E-state index contributed by atoms with van der Waals surface area (Å²) in [6.45, 7) is 0. The lowest BCUT2D eigenvalue weighted by atomic mass is 10.0. The van der Waals surface area contributed by atoms with E-state index in [0.717, 1.165) is 11.1 Å². The van der Waals surface area contributed by atoms with Gasteiger partial charge >= 0.3 is 6.41 Å². The van der Waals surface area contributed by atoms with Gasteiger partial charge in [0.15, 0.2) is 11.5 Å². The van der Waals surface area contributed by atoms with Crippen molar-refractivity contribution in [1.82, 2.24) is 5.32 Å². The molecule has 1 aliphatic rings. The molecule has 2 aromatic carbocycles. The zero-order valence-corrected chi connectivity index (χ0v) is 12.7. The van der Waals surface area contributed by atoms with Crippen molar-refractivity contribution in [3.63, 3.8) is 0 Å². The topological polar surface area (TPSA) is 30.5 Å². The van der Waals surface area contributed by atoms with E-state index in [-0.39, 0.29) is 0 Å². The average molecular weight is 331 g/mol. The average Bonchev–Trinajstić information content (AvgIpc) is 2.83. The third-order valence-corrected chi connectivity index (χ3v) is 3.72. The number of fused-ring (bicyclic) bond motifs is 1. The summed E-state index contributed by atoms with van der Waals surface area (Å²) in [6, 6.07) is 8.71. The number of hydrogen-bond donors (Lipinski definition) is 1. The first-order valence-corrected chi connectivity index (χ1v) is 7.01. The fraction of sp³-hybridized carbons (Fsp3) is 0.143. The first-order chi connectivity index (χ1) is 9.58. The molecule has 0 saturated carbocycles. The van der Waals surface area contributed by atoms with Crippen LogP contribution in [0.5, 0.6) is 11.5 Å². The van der Waals surface area contributed by atoms with Gasteiger partial charge in [-0.1, -0.05) is 34.8 Å². The highest BCUT2D eigenvalue weighted by molar-refractivity contribution is 6.36. The Bertz CT molecular complexity index is 676. The second-order valence-corrected chi connectivity index (χ2v) is 5.54. The van der Waals surface area contributed by atoms with Crippen molar-refractivity contribution in [3.8, 4) is 22.6 Å². The largest absolute Gasteiger partial charge is 0.438 e. The van der Waals surface area contributed by atoms with Crippen LogP contribution in [0.3, 0.4) is 0 Å². The molecular formula is C14H10Cl3NO2. The quantitative estimate of drug-likeness (QED) is 0.873. The Kier molecular flexibility index (Phi) is 3.69. The standard InChI is InChI=1S/C14H10Cl3NO2/c1-18-14-19-12-6-8(16)5-10(13(12)20-14)9-4-7(15)2-3-11(9)17/h2-6,14,18H,1H3. The van der Waals surface area contributed by atoms with Crippen LogP contribution in [0.1, 0.15) is 0 Å². The second-order valence-electron chi connectivity index (χ2n) is 4.26. The smallest absolute Gasteiger partial charge is 0.302 e.